The summed E-state index contributed by atoms with van der Waals surface area (Å²) in [6, 6.07) is 5.55. The summed E-state index contributed by atoms with van der Waals surface area (Å²) in [6.45, 7) is 3.14. The number of nitrogens with one attached hydrogen (secondary N) is 2. The minimum atomic E-state index is -0.379. The van der Waals surface area contributed by atoms with E-state index in [-0.39, 0.29) is 18.2 Å². The Bertz CT molecular complexity index is 958. The lowest BCUT2D eigenvalue weighted by atomic mass is 10.0. The average Bonchev–Trinajstić information content (AvgIpc) is 3.11. The highest BCUT2D eigenvalue weighted by Gasteiger charge is 2.34. The predicted octanol–water partition coefficient (Wildman–Crippen LogP) is 3.13. The molecule has 2 aromatic rings. The topological polar surface area (TPSA) is 89.1 Å². The number of rotatable bonds is 4. The van der Waals surface area contributed by atoms with Crippen molar-refractivity contribution in [1.82, 2.24) is 10.2 Å². The van der Waals surface area contributed by atoms with Crippen molar-refractivity contribution >= 4 is 28.3 Å². The summed E-state index contributed by atoms with van der Waals surface area (Å²) >= 11 is 1.52. The van der Waals surface area contributed by atoms with Crippen LogP contribution in [-0.4, -0.2) is 44.3 Å². The molecule has 0 radical (unpaired) electrons. The number of carbonyl (C=O) groups is 2. The lowest BCUT2D eigenvalue weighted by molar-refractivity contribution is 0.0934. The third kappa shape index (κ3) is 3.46. The molecule has 1 atom stereocenters. The molecule has 0 unspecified atom stereocenters. The van der Waals surface area contributed by atoms with Crippen molar-refractivity contribution in [2.75, 3.05) is 32.7 Å². The molecule has 154 valence electrons. The van der Waals surface area contributed by atoms with Crippen molar-refractivity contribution in [3.8, 4) is 11.5 Å². The molecule has 2 N–H and O–H groups in total. The molecular formula is C20H23N3O5S. The maximum Gasteiger partial charge on any atom is 0.410 e. The number of hydrogen-bond donors (Lipinski definition) is 2. The number of amides is 2. The van der Waals surface area contributed by atoms with E-state index in [1.165, 1.54) is 11.3 Å². The summed E-state index contributed by atoms with van der Waals surface area (Å²) in [6.07, 6.45) is -0.0583. The van der Waals surface area contributed by atoms with E-state index in [0.717, 1.165) is 21.0 Å². The third-order valence-electron chi connectivity index (χ3n) is 5.10. The summed E-state index contributed by atoms with van der Waals surface area (Å²) in [4.78, 5) is 27.6. The molecule has 0 saturated heterocycles. The number of hydrogen-bond acceptors (Lipinski definition) is 7. The number of thiophene rings is 1. The second-order valence-corrected chi connectivity index (χ2v) is 7.85. The summed E-state index contributed by atoms with van der Waals surface area (Å²) in [7, 11) is 3.16. The van der Waals surface area contributed by atoms with Crippen LogP contribution in [0.5, 0.6) is 11.5 Å². The normalized spacial score (nSPS) is 17.6. The highest BCUT2D eigenvalue weighted by molar-refractivity contribution is 7.16. The van der Waals surface area contributed by atoms with E-state index < -0.39 is 0 Å². The molecular weight excluding hydrogens is 394 g/mol. The van der Waals surface area contributed by atoms with E-state index in [0.29, 0.717) is 43.2 Å². The zero-order valence-electron chi connectivity index (χ0n) is 16.5. The quantitative estimate of drug-likeness (QED) is 0.795. The Hall–Kier alpha value is -2.94. The maximum absolute atomic E-state index is 12.9. The van der Waals surface area contributed by atoms with Crippen LogP contribution < -0.4 is 20.1 Å². The van der Waals surface area contributed by atoms with Crippen LogP contribution in [0.1, 0.15) is 39.5 Å². The smallest absolute Gasteiger partial charge is 0.410 e. The molecule has 2 amide bonds. The lowest BCUT2D eigenvalue weighted by Crippen LogP contribution is -2.39. The van der Waals surface area contributed by atoms with Gasteiger partial charge >= 0.3 is 6.09 Å². The Kier molecular flexibility index (Phi) is 5.23. The fraction of sp³-hybridized carbons (Fsp3) is 0.400. The highest BCUT2D eigenvalue weighted by Crippen LogP contribution is 2.41. The van der Waals surface area contributed by atoms with Gasteiger partial charge < -0.3 is 29.7 Å². The van der Waals surface area contributed by atoms with Crippen LogP contribution in [0.2, 0.25) is 0 Å². The third-order valence-corrected chi connectivity index (χ3v) is 6.25. The monoisotopic (exact) mass is 417 g/mol. The van der Waals surface area contributed by atoms with Crippen molar-refractivity contribution in [1.29, 1.82) is 0 Å². The van der Waals surface area contributed by atoms with Gasteiger partial charge in [-0.15, -0.1) is 11.3 Å². The maximum atomic E-state index is 12.9. The molecule has 1 aromatic heterocycles. The molecule has 8 nitrogen and oxygen atoms in total. The molecule has 0 bridgehead atoms. The van der Waals surface area contributed by atoms with E-state index in [2.05, 4.69) is 10.6 Å². The molecule has 3 heterocycles. The number of fused-ring (bicyclic) bond motifs is 3. The average molecular weight is 417 g/mol. The molecule has 2 aliphatic rings. The predicted molar refractivity (Wildman–Crippen MR) is 109 cm³/mol. The largest absolute Gasteiger partial charge is 0.493 e. The van der Waals surface area contributed by atoms with Gasteiger partial charge in [0.2, 0.25) is 0 Å². The molecule has 0 aliphatic carbocycles. The molecule has 4 rings (SSSR count). The summed E-state index contributed by atoms with van der Waals surface area (Å²) in [5.41, 5.74) is 2.56. The molecule has 0 spiro atoms. The van der Waals surface area contributed by atoms with Crippen molar-refractivity contribution in [2.45, 2.75) is 26.1 Å². The Morgan fingerprint density at radius 3 is 2.76 bits per heavy atom. The number of carbonyl (C=O) groups excluding carboxylic acids is 2. The minimum absolute atomic E-state index is 0.111. The first kappa shape index (κ1) is 19.4. The lowest BCUT2D eigenvalue weighted by Gasteiger charge is -2.28. The number of ether oxygens (including phenoxy) is 3. The van der Waals surface area contributed by atoms with E-state index in [9.17, 15) is 9.59 Å². The van der Waals surface area contributed by atoms with Gasteiger partial charge in [-0.05, 0) is 36.6 Å². The van der Waals surface area contributed by atoms with Crippen molar-refractivity contribution in [2.24, 2.45) is 0 Å². The summed E-state index contributed by atoms with van der Waals surface area (Å²) < 4.78 is 15.8. The Morgan fingerprint density at radius 2 is 2.03 bits per heavy atom. The van der Waals surface area contributed by atoms with Gasteiger partial charge in [0.1, 0.15) is 11.2 Å². The van der Waals surface area contributed by atoms with E-state index in [4.69, 9.17) is 14.2 Å². The van der Waals surface area contributed by atoms with Crippen LogP contribution in [0.25, 0.3) is 0 Å². The van der Waals surface area contributed by atoms with Gasteiger partial charge in [0.05, 0.1) is 32.9 Å². The number of benzene rings is 1. The fourth-order valence-corrected chi connectivity index (χ4v) is 4.97. The SMILES string of the molecule is CCOC(=O)N1CCc2c(sc3c2C(=O)N[C@@H](c2ccc(OC)c(OC)c2)N3)C1. The molecule has 1 aromatic carbocycles. The van der Waals surface area contributed by atoms with Crippen LogP contribution in [0.4, 0.5) is 9.80 Å². The van der Waals surface area contributed by atoms with Crippen LogP contribution in [0.15, 0.2) is 18.2 Å². The van der Waals surface area contributed by atoms with Gasteiger partial charge in [-0.25, -0.2) is 4.79 Å². The van der Waals surface area contributed by atoms with Crippen LogP contribution in [-0.2, 0) is 17.7 Å². The second-order valence-electron chi connectivity index (χ2n) is 6.74. The first-order valence-electron chi connectivity index (χ1n) is 9.41. The van der Waals surface area contributed by atoms with E-state index in [1.807, 2.05) is 18.2 Å². The van der Waals surface area contributed by atoms with Gasteiger partial charge in [-0.3, -0.25) is 4.79 Å². The van der Waals surface area contributed by atoms with Gasteiger partial charge in [0, 0.05) is 11.4 Å². The molecule has 2 aliphatic heterocycles. The number of anilines is 1. The van der Waals surface area contributed by atoms with Crippen molar-refractivity contribution in [3.63, 3.8) is 0 Å². The van der Waals surface area contributed by atoms with Crippen molar-refractivity contribution < 1.29 is 23.8 Å². The van der Waals surface area contributed by atoms with E-state index in [1.54, 1.807) is 26.0 Å². The fourth-order valence-electron chi connectivity index (χ4n) is 3.69. The second kappa shape index (κ2) is 7.82. The van der Waals surface area contributed by atoms with Gasteiger partial charge in [0.25, 0.3) is 5.91 Å². The highest BCUT2D eigenvalue weighted by atomic mass is 32.1. The van der Waals surface area contributed by atoms with Crippen molar-refractivity contribution in [3.05, 3.63) is 39.8 Å². The molecule has 9 heteroatoms. The van der Waals surface area contributed by atoms with Crippen LogP contribution in [0, 0.1) is 0 Å². The summed E-state index contributed by atoms with van der Waals surface area (Å²) in [5, 5.41) is 7.26. The molecule has 0 fully saturated rings. The first-order valence-corrected chi connectivity index (χ1v) is 10.2. The first-order chi connectivity index (χ1) is 14.0. The zero-order valence-corrected chi connectivity index (χ0v) is 17.4. The van der Waals surface area contributed by atoms with Crippen LogP contribution in [0.3, 0.4) is 0 Å². The minimum Gasteiger partial charge on any atom is -0.493 e. The van der Waals surface area contributed by atoms with Gasteiger partial charge in [-0.1, -0.05) is 6.07 Å². The van der Waals surface area contributed by atoms with Gasteiger partial charge in [-0.2, -0.15) is 0 Å². The molecule has 29 heavy (non-hydrogen) atoms. The van der Waals surface area contributed by atoms with E-state index >= 15 is 0 Å². The van der Waals surface area contributed by atoms with Crippen LogP contribution >= 0.6 is 11.3 Å². The van der Waals surface area contributed by atoms with Gasteiger partial charge in [0.15, 0.2) is 11.5 Å². The Morgan fingerprint density at radius 1 is 1.24 bits per heavy atom. The Balaban J connectivity index is 1.60. The number of methoxy groups -OCH3 is 2. The summed E-state index contributed by atoms with van der Waals surface area (Å²) in [5.74, 6) is 1.12. The zero-order chi connectivity index (χ0) is 20.5. The Labute approximate surface area is 172 Å². The molecule has 0 saturated carbocycles. The number of nitrogens with zero attached hydrogens (tertiary/aromatic N) is 1. The standard InChI is InChI=1S/C20H23N3O5S/c1-4-28-20(25)23-8-7-12-15(10-23)29-19-16(12)18(24)21-17(22-19)11-5-6-13(26-2)14(9-11)27-3/h5-6,9,17,22H,4,7-8,10H2,1-3H3,(H,21,24)/t17-/m1/s1.